The molecule has 1 aliphatic heterocycles. The summed E-state index contributed by atoms with van der Waals surface area (Å²) in [6.45, 7) is 6.53. The Morgan fingerprint density at radius 1 is 1.39 bits per heavy atom. The maximum Gasteiger partial charge on any atom is 0.152 e. The molecule has 1 fully saturated rings. The van der Waals surface area contributed by atoms with Crippen molar-refractivity contribution in [2.45, 2.75) is 46.0 Å². The van der Waals surface area contributed by atoms with Crippen molar-refractivity contribution in [3.05, 3.63) is 17.8 Å². The molecule has 0 radical (unpaired) electrons. The molecule has 2 N–H and O–H groups in total. The number of hydrogen-bond acceptors (Lipinski definition) is 3. The molecule has 0 saturated carbocycles. The van der Waals surface area contributed by atoms with Gasteiger partial charge in [0.05, 0.1) is 5.69 Å². The van der Waals surface area contributed by atoms with E-state index in [1.807, 2.05) is 12.3 Å². The van der Waals surface area contributed by atoms with Crippen LogP contribution in [0.4, 0.5) is 11.5 Å². The van der Waals surface area contributed by atoms with Gasteiger partial charge >= 0.3 is 0 Å². The summed E-state index contributed by atoms with van der Waals surface area (Å²) in [7, 11) is 0. The summed E-state index contributed by atoms with van der Waals surface area (Å²) in [6.07, 6.45) is 8.44. The van der Waals surface area contributed by atoms with Crippen LogP contribution in [0.15, 0.2) is 12.3 Å². The van der Waals surface area contributed by atoms with E-state index in [1.54, 1.807) is 0 Å². The van der Waals surface area contributed by atoms with E-state index in [2.05, 4.69) is 23.7 Å². The molecule has 0 spiro atoms. The van der Waals surface area contributed by atoms with Crippen LogP contribution in [0.1, 0.15) is 44.6 Å². The van der Waals surface area contributed by atoms with Gasteiger partial charge < -0.3 is 10.6 Å². The van der Waals surface area contributed by atoms with Crippen LogP contribution < -0.4 is 10.6 Å². The Morgan fingerprint density at radius 3 is 3.00 bits per heavy atom. The van der Waals surface area contributed by atoms with Crippen LogP contribution in [0.5, 0.6) is 0 Å². The first-order valence-electron chi connectivity index (χ1n) is 7.18. The minimum Gasteiger partial charge on any atom is -0.396 e. The number of aromatic nitrogens is 1. The molecule has 0 amide bonds. The molecule has 1 saturated heterocycles. The maximum atomic E-state index is 6.15. The zero-order chi connectivity index (χ0) is 13.0. The van der Waals surface area contributed by atoms with Gasteiger partial charge in [-0.2, -0.15) is 0 Å². The average Bonchev–Trinajstić information content (AvgIpc) is 2.59. The normalized spacial score (nSPS) is 20.8. The molecular formula is C15H25N3. The van der Waals surface area contributed by atoms with Crippen LogP contribution in [0.2, 0.25) is 0 Å². The smallest absolute Gasteiger partial charge is 0.152 e. The molecule has 1 aromatic heterocycles. The summed E-state index contributed by atoms with van der Waals surface area (Å²) in [5.41, 5.74) is 8.14. The van der Waals surface area contributed by atoms with E-state index in [9.17, 15) is 0 Å². The second-order valence-corrected chi connectivity index (χ2v) is 5.44. The number of aryl methyl sites for hydroxylation is 1. The third-order valence-electron chi connectivity index (χ3n) is 4.03. The molecule has 0 aliphatic carbocycles. The van der Waals surface area contributed by atoms with Gasteiger partial charge in [0.1, 0.15) is 0 Å². The summed E-state index contributed by atoms with van der Waals surface area (Å²) in [6, 6.07) is 1.98. The van der Waals surface area contributed by atoms with Gasteiger partial charge in [0.2, 0.25) is 0 Å². The lowest BCUT2D eigenvalue weighted by molar-refractivity contribution is 0.435. The molecule has 0 bridgehead atoms. The van der Waals surface area contributed by atoms with E-state index in [0.717, 1.165) is 36.1 Å². The van der Waals surface area contributed by atoms with Crippen LogP contribution >= 0.6 is 0 Å². The molecule has 18 heavy (non-hydrogen) atoms. The van der Waals surface area contributed by atoms with Crippen LogP contribution in [-0.2, 0) is 0 Å². The second-order valence-electron chi connectivity index (χ2n) is 5.44. The van der Waals surface area contributed by atoms with Gasteiger partial charge in [-0.05, 0) is 43.7 Å². The lowest BCUT2D eigenvalue weighted by Crippen LogP contribution is -2.26. The van der Waals surface area contributed by atoms with E-state index in [1.165, 1.54) is 32.1 Å². The number of rotatable bonds is 3. The highest BCUT2D eigenvalue weighted by Crippen LogP contribution is 2.28. The van der Waals surface area contributed by atoms with E-state index in [4.69, 9.17) is 5.73 Å². The Balaban J connectivity index is 2.07. The number of nitrogens with zero attached hydrogens (tertiary/aromatic N) is 2. The van der Waals surface area contributed by atoms with Gasteiger partial charge in [-0.1, -0.05) is 19.8 Å². The van der Waals surface area contributed by atoms with Gasteiger partial charge in [-0.25, -0.2) is 4.98 Å². The molecule has 0 aromatic carbocycles. The number of nitrogens with two attached hydrogens (primary N) is 1. The van der Waals surface area contributed by atoms with Crippen LogP contribution in [-0.4, -0.2) is 18.1 Å². The molecule has 3 nitrogen and oxygen atoms in total. The van der Waals surface area contributed by atoms with Crippen molar-refractivity contribution >= 4 is 11.5 Å². The van der Waals surface area contributed by atoms with Crippen LogP contribution in [0.25, 0.3) is 0 Å². The zero-order valence-electron chi connectivity index (χ0n) is 11.7. The fourth-order valence-electron chi connectivity index (χ4n) is 2.88. The van der Waals surface area contributed by atoms with Gasteiger partial charge in [0.25, 0.3) is 0 Å². The van der Waals surface area contributed by atoms with Crippen molar-refractivity contribution in [1.29, 1.82) is 0 Å². The lowest BCUT2D eigenvalue weighted by atomic mass is 9.96. The quantitative estimate of drug-likeness (QED) is 0.890. The van der Waals surface area contributed by atoms with E-state index < -0.39 is 0 Å². The first-order valence-corrected chi connectivity index (χ1v) is 7.18. The van der Waals surface area contributed by atoms with Gasteiger partial charge in [-0.15, -0.1) is 0 Å². The van der Waals surface area contributed by atoms with Crippen LogP contribution in [0.3, 0.4) is 0 Å². The monoisotopic (exact) mass is 247 g/mol. The van der Waals surface area contributed by atoms with Crippen molar-refractivity contribution in [3.8, 4) is 0 Å². The highest BCUT2D eigenvalue weighted by atomic mass is 15.2. The summed E-state index contributed by atoms with van der Waals surface area (Å²) in [5, 5.41) is 0. The summed E-state index contributed by atoms with van der Waals surface area (Å²) in [4.78, 5) is 6.85. The van der Waals surface area contributed by atoms with E-state index in [0.29, 0.717) is 0 Å². The SMILES string of the molecule is CCCC1CCCN(c2nccc(C)c2N)CC1. The largest absolute Gasteiger partial charge is 0.396 e. The number of anilines is 2. The highest BCUT2D eigenvalue weighted by Gasteiger charge is 2.19. The molecule has 1 aliphatic rings. The summed E-state index contributed by atoms with van der Waals surface area (Å²) >= 11 is 0. The summed E-state index contributed by atoms with van der Waals surface area (Å²) in [5.74, 6) is 1.89. The Kier molecular flexibility index (Phi) is 4.45. The molecule has 1 aromatic rings. The third-order valence-corrected chi connectivity index (χ3v) is 4.03. The van der Waals surface area contributed by atoms with E-state index in [-0.39, 0.29) is 0 Å². The molecule has 1 unspecified atom stereocenters. The lowest BCUT2D eigenvalue weighted by Gasteiger charge is -2.23. The minimum atomic E-state index is 0.853. The predicted molar refractivity (Wildman–Crippen MR) is 77.8 cm³/mol. The molecular weight excluding hydrogens is 222 g/mol. The Bertz CT molecular complexity index is 389. The van der Waals surface area contributed by atoms with E-state index >= 15 is 0 Å². The Morgan fingerprint density at radius 2 is 2.22 bits per heavy atom. The maximum absolute atomic E-state index is 6.15. The van der Waals surface area contributed by atoms with Crippen LogP contribution in [0, 0.1) is 12.8 Å². The standard InChI is InChI=1S/C15H25N3/c1-3-5-13-6-4-10-18(11-8-13)15-14(16)12(2)7-9-17-15/h7,9,13H,3-6,8,10-11,16H2,1-2H3. The summed E-state index contributed by atoms with van der Waals surface area (Å²) < 4.78 is 0. The van der Waals surface area contributed by atoms with Crippen molar-refractivity contribution in [3.63, 3.8) is 0 Å². The molecule has 1 atom stereocenters. The van der Waals surface area contributed by atoms with Gasteiger partial charge in [0.15, 0.2) is 5.82 Å². The van der Waals surface area contributed by atoms with Gasteiger partial charge in [0, 0.05) is 19.3 Å². The van der Waals surface area contributed by atoms with Crippen molar-refractivity contribution < 1.29 is 0 Å². The average molecular weight is 247 g/mol. The number of nitrogen functional groups attached to an aromatic ring is 1. The second kappa shape index (κ2) is 6.07. The first kappa shape index (κ1) is 13.2. The number of hydrogen-bond donors (Lipinski definition) is 1. The molecule has 100 valence electrons. The first-order chi connectivity index (χ1) is 8.72. The van der Waals surface area contributed by atoms with Crippen molar-refractivity contribution in [2.24, 2.45) is 5.92 Å². The molecule has 3 heteroatoms. The highest BCUT2D eigenvalue weighted by molar-refractivity contribution is 5.66. The van der Waals surface area contributed by atoms with Gasteiger partial charge in [-0.3, -0.25) is 0 Å². The fraction of sp³-hybridized carbons (Fsp3) is 0.667. The zero-order valence-corrected chi connectivity index (χ0v) is 11.7. The number of pyridine rings is 1. The predicted octanol–water partition coefficient (Wildman–Crippen LogP) is 3.38. The fourth-order valence-corrected chi connectivity index (χ4v) is 2.88. The third kappa shape index (κ3) is 2.95. The van der Waals surface area contributed by atoms with Crippen molar-refractivity contribution in [1.82, 2.24) is 4.98 Å². The Labute approximate surface area is 110 Å². The topological polar surface area (TPSA) is 42.2 Å². The molecule has 2 heterocycles. The molecule has 2 rings (SSSR count). The minimum absolute atomic E-state index is 0.853. The van der Waals surface area contributed by atoms with Crippen molar-refractivity contribution in [2.75, 3.05) is 23.7 Å². The Hall–Kier alpha value is -1.25.